The molecule has 0 spiro atoms. The highest BCUT2D eigenvalue weighted by Gasteiger charge is 2.16. The van der Waals surface area contributed by atoms with Crippen LogP contribution in [-0.2, 0) is 10.0 Å². The Morgan fingerprint density at radius 2 is 1.52 bits per heavy atom. The number of rotatable bonds is 5. The number of likely N-dealkylation sites (N-methyl/N-ethyl adjacent to an activating group) is 1. The van der Waals surface area contributed by atoms with Crippen LogP contribution in [0.25, 0.3) is 0 Å². The van der Waals surface area contributed by atoms with Gasteiger partial charge in [-0.1, -0.05) is 0 Å². The molecule has 0 aliphatic carbocycles. The molecule has 25 heavy (non-hydrogen) atoms. The zero-order valence-corrected chi connectivity index (χ0v) is 15.3. The van der Waals surface area contributed by atoms with E-state index in [4.69, 9.17) is 4.74 Å². The number of sulfonamides is 1. The summed E-state index contributed by atoms with van der Waals surface area (Å²) in [5.74, 6) is 0.621. The van der Waals surface area contributed by atoms with Crippen molar-refractivity contribution >= 4 is 21.4 Å². The Morgan fingerprint density at radius 3 is 2.08 bits per heavy atom. The van der Waals surface area contributed by atoms with Crippen molar-refractivity contribution in [1.82, 2.24) is 4.90 Å². The molecule has 2 aromatic rings. The summed E-state index contributed by atoms with van der Waals surface area (Å²) in [6.07, 6.45) is 0. The molecule has 1 fully saturated rings. The molecule has 0 radical (unpaired) electrons. The molecule has 7 heteroatoms. The summed E-state index contributed by atoms with van der Waals surface area (Å²) in [5, 5.41) is 0. The number of nitrogens with zero attached hydrogens (tertiary/aromatic N) is 2. The van der Waals surface area contributed by atoms with Crippen molar-refractivity contribution in [3.8, 4) is 5.75 Å². The zero-order valence-electron chi connectivity index (χ0n) is 14.5. The lowest BCUT2D eigenvalue weighted by Crippen LogP contribution is -2.44. The van der Waals surface area contributed by atoms with E-state index in [-0.39, 0.29) is 4.90 Å². The molecule has 0 bridgehead atoms. The van der Waals surface area contributed by atoms with Crippen molar-refractivity contribution in [2.75, 3.05) is 50.0 Å². The fraction of sp³-hybridized carbons (Fsp3) is 0.333. The van der Waals surface area contributed by atoms with Crippen LogP contribution >= 0.6 is 0 Å². The van der Waals surface area contributed by atoms with Gasteiger partial charge in [-0.15, -0.1) is 0 Å². The summed E-state index contributed by atoms with van der Waals surface area (Å²) in [4.78, 5) is 4.81. The normalized spacial score (nSPS) is 15.8. The monoisotopic (exact) mass is 361 g/mol. The Balaban J connectivity index is 1.69. The molecule has 0 amide bonds. The summed E-state index contributed by atoms with van der Waals surface area (Å²) in [6.45, 7) is 4.03. The zero-order chi connectivity index (χ0) is 17.9. The number of benzene rings is 2. The van der Waals surface area contributed by atoms with Crippen LogP contribution in [0.2, 0.25) is 0 Å². The first kappa shape index (κ1) is 17.6. The van der Waals surface area contributed by atoms with Crippen molar-refractivity contribution in [2.45, 2.75) is 4.90 Å². The number of hydrogen-bond donors (Lipinski definition) is 1. The first-order valence-corrected chi connectivity index (χ1v) is 9.67. The van der Waals surface area contributed by atoms with Gasteiger partial charge in [-0.3, -0.25) is 4.72 Å². The van der Waals surface area contributed by atoms with Gasteiger partial charge >= 0.3 is 0 Å². The molecule has 2 aromatic carbocycles. The molecule has 0 aromatic heterocycles. The van der Waals surface area contributed by atoms with Crippen LogP contribution in [0.4, 0.5) is 11.4 Å². The van der Waals surface area contributed by atoms with Gasteiger partial charge in [0.1, 0.15) is 5.75 Å². The Hall–Kier alpha value is -2.25. The lowest BCUT2D eigenvalue weighted by Gasteiger charge is -2.34. The SMILES string of the molecule is COc1ccc(S(=O)(=O)Nc2ccc(N3CCN(C)CC3)cc2)cc1. The van der Waals surface area contributed by atoms with Crippen molar-refractivity contribution in [2.24, 2.45) is 0 Å². The van der Waals surface area contributed by atoms with E-state index in [1.54, 1.807) is 31.4 Å². The Labute approximate surface area is 149 Å². The van der Waals surface area contributed by atoms with Gasteiger partial charge in [0, 0.05) is 37.6 Å². The molecular formula is C18H23N3O3S. The molecule has 1 aliphatic heterocycles. The topological polar surface area (TPSA) is 61.9 Å². The molecule has 0 unspecified atom stereocenters. The number of ether oxygens (including phenoxy) is 1. The average Bonchev–Trinajstić information content (AvgIpc) is 2.63. The Kier molecular flexibility index (Phi) is 5.15. The number of piperazine rings is 1. The highest BCUT2D eigenvalue weighted by atomic mass is 32.2. The van der Waals surface area contributed by atoms with E-state index in [2.05, 4.69) is 21.6 Å². The second kappa shape index (κ2) is 7.33. The first-order valence-electron chi connectivity index (χ1n) is 8.18. The quantitative estimate of drug-likeness (QED) is 0.885. The smallest absolute Gasteiger partial charge is 0.261 e. The lowest BCUT2D eigenvalue weighted by molar-refractivity contribution is 0.313. The Bertz CT molecular complexity index is 796. The molecule has 0 atom stereocenters. The van der Waals surface area contributed by atoms with E-state index < -0.39 is 10.0 Å². The van der Waals surface area contributed by atoms with Crippen LogP contribution in [0.1, 0.15) is 0 Å². The third-order valence-corrected chi connectivity index (χ3v) is 5.75. The predicted octanol–water partition coefficient (Wildman–Crippen LogP) is 2.25. The Morgan fingerprint density at radius 1 is 0.920 bits per heavy atom. The minimum atomic E-state index is -3.61. The first-order chi connectivity index (χ1) is 12.0. The van der Waals surface area contributed by atoms with E-state index in [1.165, 1.54) is 12.1 Å². The highest BCUT2D eigenvalue weighted by molar-refractivity contribution is 7.92. The van der Waals surface area contributed by atoms with Gasteiger partial charge in [-0.2, -0.15) is 0 Å². The molecule has 3 rings (SSSR count). The number of nitrogens with one attached hydrogen (secondary N) is 1. The summed E-state index contributed by atoms with van der Waals surface area (Å²) in [5.41, 5.74) is 1.66. The van der Waals surface area contributed by atoms with E-state index in [0.29, 0.717) is 11.4 Å². The predicted molar refractivity (Wildman–Crippen MR) is 100.0 cm³/mol. The minimum Gasteiger partial charge on any atom is -0.497 e. The van der Waals surface area contributed by atoms with Crippen LogP contribution in [-0.4, -0.2) is 53.7 Å². The maximum atomic E-state index is 12.5. The minimum absolute atomic E-state index is 0.205. The number of anilines is 2. The fourth-order valence-corrected chi connectivity index (χ4v) is 3.83. The van der Waals surface area contributed by atoms with Crippen LogP contribution < -0.4 is 14.4 Å². The molecule has 1 heterocycles. The summed E-state index contributed by atoms with van der Waals surface area (Å²) in [6, 6.07) is 13.8. The third kappa shape index (κ3) is 4.24. The molecule has 0 saturated carbocycles. The van der Waals surface area contributed by atoms with Crippen LogP contribution in [0, 0.1) is 0 Å². The molecule has 1 saturated heterocycles. The van der Waals surface area contributed by atoms with E-state index in [0.717, 1.165) is 31.9 Å². The maximum Gasteiger partial charge on any atom is 0.261 e. The number of hydrogen-bond acceptors (Lipinski definition) is 5. The van der Waals surface area contributed by atoms with Crippen molar-refractivity contribution in [1.29, 1.82) is 0 Å². The fourth-order valence-electron chi connectivity index (χ4n) is 2.77. The standard InChI is InChI=1S/C18H23N3O3S/c1-20-11-13-21(14-12-20)16-5-3-15(4-6-16)19-25(22,23)18-9-7-17(24-2)8-10-18/h3-10,19H,11-14H2,1-2H3. The van der Waals surface area contributed by atoms with Crippen molar-refractivity contribution in [3.05, 3.63) is 48.5 Å². The second-order valence-corrected chi connectivity index (χ2v) is 7.80. The largest absolute Gasteiger partial charge is 0.497 e. The maximum absolute atomic E-state index is 12.5. The second-order valence-electron chi connectivity index (χ2n) is 6.12. The van der Waals surface area contributed by atoms with Crippen LogP contribution in [0.5, 0.6) is 5.75 Å². The van der Waals surface area contributed by atoms with Gasteiger partial charge in [0.25, 0.3) is 10.0 Å². The van der Waals surface area contributed by atoms with Gasteiger partial charge in [0.2, 0.25) is 0 Å². The lowest BCUT2D eigenvalue weighted by atomic mass is 10.2. The van der Waals surface area contributed by atoms with Crippen LogP contribution in [0.15, 0.2) is 53.4 Å². The molecule has 1 N–H and O–H groups in total. The van der Waals surface area contributed by atoms with Gasteiger partial charge < -0.3 is 14.5 Å². The molecule has 6 nitrogen and oxygen atoms in total. The van der Waals surface area contributed by atoms with E-state index in [1.807, 2.05) is 12.1 Å². The number of methoxy groups -OCH3 is 1. The average molecular weight is 361 g/mol. The van der Waals surface area contributed by atoms with Gasteiger partial charge in [-0.25, -0.2) is 8.42 Å². The van der Waals surface area contributed by atoms with Crippen molar-refractivity contribution in [3.63, 3.8) is 0 Å². The van der Waals surface area contributed by atoms with E-state index >= 15 is 0 Å². The molecule has 134 valence electrons. The van der Waals surface area contributed by atoms with Crippen LogP contribution in [0.3, 0.4) is 0 Å². The van der Waals surface area contributed by atoms with Gasteiger partial charge in [0.15, 0.2) is 0 Å². The van der Waals surface area contributed by atoms with Crippen molar-refractivity contribution < 1.29 is 13.2 Å². The molecule has 1 aliphatic rings. The van der Waals surface area contributed by atoms with Gasteiger partial charge in [-0.05, 0) is 55.6 Å². The molecular weight excluding hydrogens is 338 g/mol. The van der Waals surface area contributed by atoms with Gasteiger partial charge in [0.05, 0.1) is 12.0 Å². The highest BCUT2D eigenvalue weighted by Crippen LogP contribution is 2.22. The van der Waals surface area contributed by atoms with E-state index in [9.17, 15) is 8.42 Å². The summed E-state index contributed by atoms with van der Waals surface area (Å²) in [7, 11) is 0.0556. The third-order valence-electron chi connectivity index (χ3n) is 4.36. The summed E-state index contributed by atoms with van der Waals surface area (Å²) < 4.78 is 32.6. The summed E-state index contributed by atoms with van der Waals surface area (Å²) >= 11 is 0.